The lowest BCUT2D eigenvalue weighted by Gasteiger charge is -2.39. The summed E-state index contributed by atoms with van der Waals surface area (Å²) >= 11 is 0. The summed E-state index contributed by atoms with van der Waals surface area (Å²) in [7, 11) is 0. The first-order valence-corrected chi connectivity index (χ1v) is 2.97. The van der Waals surface area contributed by atoms with Gasteiger partial charge < -0.3 is 9.57 Å². The van der Waals surface area contributed by atoms with Gasteiger partial charge in [0.25, 0.3) is 0 Å². The standard InChI is InChI=1S/C5H5NO4/c7-4-5(8)10-6-2-1-3(6)9-4/h3H,1-2H2. The van der Waals surface area contributed by atoms with Crippen LogP contribution in [0.15, 0.2) is 0 Å². The first-order chi connectivity index (χ1) is 4.77. The van der Waals surface area contributed by atoms with Gasteiger partial charge in [0.15, 0.2) is 6.23 Å². The van der Waals surface area contributed by atoms with Crippen LogP contribution >= 0.6 is 0 Å². The van der Waals surface area contributed by atoms with Crippen LogP contribution in [0.3, 0.4) is 0 Å². The molecule has 1 atom stereocenters. The largest absolute Gasteiger partial charge is 0.436 e. The highest BCUT2D eigenvalue weighted by molar-refractivity contribution is 6.30. The van der Waals surface area contributed by atoms with E-state index in [1.807, 2.05) is 0 Å². The molecule has 2 aliphatic rings. The second-order valence-electron chi connectivity index (χ2n) is 2.17. The minimum absolute atomic E-state index is 0.315. The van der Waals surface area contributed by atoms with Crippen LogP contribution in [0.5, 0.6) is 0 Å². The highest BCUT2D eigenvalue weighted by atomic mass is 16.8. The van der Waals surface area contributed by atoms with Crippen molar-refractivity contribution in [2.75, 3.05) is 6.54 Å². The van der Waals surface area contributed by atoms with E-state index in [4.69, 9.17) is 0 Å². The van der Waals surface area contributed by atoms with Crippen LogP contribution in [0.2, 0.25) is 0 Å². The van der Waals surface area contributed by atoms with Crippen molar-refractivity contribution < 1.29 is 19.2 Å². The molecule has 0 radical (unpaired) electrons. The number of nitrogens with zero attached hydrogens (tertiary/aromatic N) is 1. The molecule has 0 aromatic heterocycles. The van der Waals surface area contributed by atoms with Crippen molar-refractivity contribution in [3.05, 3.63) is 0 Å². The maximum atomic E-state index is 10.5. The second kappa shape index (κ2) is 1.69. The molecular weight excluding hydrogens is 138 g/mol. The summed E-state index contributed by atoms with van der Waals surface area (Å²) in [6.45, 7) is 0.656. The zero-order valence-corrected chi connectivity index (χ0v) is 5.07. The molecule has 0 spiro atoms. The summed E-state index contributed by atoms with van der Waals surface area (Å²) < 4.78 is 4.61. The van der Waals surface area contributed by atoms with Crippen LogP contribution in [0.4, 0.5) is 0 Å². The first-order valence-electron chi connectivity index (χ1n) is 2.97. The van der Waals surface area contributed by atoms with Crippen molar-refractivity contribution in [2.24, 2.45) is 0 Å². The summed E-state index contributed by atoms with van der Waals surface area (Å²) in [6.07, 6.45) is 0.434. The highest BCUT2D eigenvalue weighted by Gasteiger charge is 2.42. The molecule has 2 heterocycles. The van der Waals surface area contributed by atoms with Crippen molar-refractivity contribution in [1.82, 2.24) is 5.06 Å². The summed E-state index contributed by atoms with van der Waals surface area (Å²) in [6, 6.07) is 0. The predicted octanol–water partition coefficient (Wildman–Crippen LogP) is -0.967. The van der Waals surface area contributed by atoms with Gasteiger partial charge in [-0.1, -0.05) is 5.06 Å². The van der Waals surface area contributed by atoms with Crippen LogP contribution < -0.4 is 0 Å². The Morgan fingerprint density at radius 3 is 2.70 bits per heavy atom. The lowest BCUT2D eigenvalue weighted by molar-refractivity contribution is -0.300. The van der Waals surface area contributed by atoms with Gasteiger partial charge in [0.05, 0.1) is 0 Å². The average molecular weight is 143 g/mol. The summed E-state index contributed by atoms with van der Waals surface area (Å²) in [5.74, 6) is -1.81. The Labute approximate surface area is 56.5 Å². The Morgan fingerprint density at radius 1 is 1.40 bits per heavy atom. The number of hydrogen-bond acceptors (Lipinski definition) is 5. The molecule has 2 rings (SSSR count). The Morgan fingerprint density at radius 2 is 2.20 bits per heavy atom. The monoisotopic (exact) mass is 143 g/mol. The van der Waals surface area contributed by atoms with E-state index in [1.165, 1.54) is 5.06 Å². The third kappa shape index (κ3) is 0.607. The quantitative estimate of drug-likeness (QED) is 0.322. The topological polar surface area (TPSA) is 55.8 Å². The predicted molar refractivity (Wildman–Crippen MR) is 27.3 cm³/mol. The van der Waals surface area contributed by atoms with Crippen molar-refractivity contribution >= 4 is 11.9 Å². The van der Waals surface area contributed by atoms with Crippen molar-refractivity contribution in [3.8, 4) is 0 Å². The number of hydrogen-bond donors (Lipinski definition) is 0. The number of carbonyl (C=O) groups excluding carboxylic acids is 2. The van der Waals surface area contributed by atoms with Gasteiger partial charge in [-0.3, -0.25) is 0 Å². The minimum atomic E-state index is -0.920. The summed E-state index contributed by atoms with van der Waals surface area (Å²) in [5.41, 5.74) is 0. The number of fused-ring (bicyclic) bond motifs is 1. The van der Waals surface area contributed by atoms with E-state index in [0.29, 0.717) is 6.54 Å². The van der Waals surface area contributed by atoms with Gasteiger partial charge >= 0.3 is 11.9 Å². The van der Waals surface area contributed by atoms with E-state index in [9.17, 15) is 9.59 Å². The zero-order chi connectivity index (χ0) is 7.14. The Bertz CT molecular complexity index is 180. The fraction of sp³-hybridized carbons (Fsp3) is 0.600. The van der Waals surface area contributed by atoms with E-state index >= 15 is 0 Å². The third-order valence-electron chi connectivity index (χ3n) is 1.53. The summed E-state index contributed by atoms with van der Waals surface area (Å²) in [4.78, 5) is 25.4. The van der Waals surface area contributed by atoms with E-state index in [-0.39, 0.29) is 6.23 Å². The average Bonchev–Trinajstić information content (AvgIpc) is 1.89. The molecule has 0 aromatic carbocycles. The van der Waals surface area contributed by atoms with E-state index in [2.05, 4.69) is 9.57 Å². The van der Waals surface area contributed by atoms with Crippen molar-refractivity contribution in [3.63, 3.8) is 0 Å². The van der Waals surface area contributed by atoms with Gasteiger partial charge in [-0.25, -0.2) is 9.59 Å². The van der Waals surface area contributed by atoms with Gasteiger partial charge in [0.1, 0.15) is 0 Å². The molecule has 54 valence electrons. The Balaban J connectivity index is 2.10. The molecule has 0 aromatic rings. The molecule has 2 aliphatic heterocycles. The van der Waals surface area contributed by atoms with Gasteiger partial charge in [-0.15, -0.1) is 0 Å². The number of hydroxylamine groups is 2. The van der Waals surface area contributed by atoms with Gasteiger partial charge in [0, 0.05) is 13.0 Å². The number of esters is 1. The maximum absolute atomic E-state index is 10.5. The molecule has 5 nitrogen and oxygen atoms in total. The van der Waals surface area contributed by atoms with Crippen LogP contribution in [0.1, 0.15) is 6.42 Å². The van der Waals surface area contributed by atoms with Gasteiger partial charge in [0.2, 0.25) is 0 Å². The smallest absolute Gasteiger partial charge is 0.435 e. The minimum Gasteiger partial charge on any atom is -0.435 e. The molecule has 2 saturated heterocycles. The molecule has 10 heavy (non-hydrogen) atoms. The van der Waals surface area contributed by atoms with Gasteiger partial charge in [-0.2, -0.15) is 0 Å². The molecular formula is C5H5NO4. The lowest BCUT2D eigenvalue weighted by atomic mass is 10.2. The Hall–Kier alpha value is -1.10. The van der Waals surface area contributed by atoms with Crippen LogP contribution in [0, 0.1) is 0 Å². The SMILES string of the molecule is O=C1OC2CCN2OC1=O. The molecule has 2 fully saturated rings. The molecule has 0 amide bonds. The molecule has 1 unspecified atom stereocenters. The number of rotatable bonds is 0. The first kappa shape index (κ1) is 5.67. The molecule has 0 bridgehead atoms. The second-order valence-corrected chi connectivity index (χ2v) is 2.17. The fourth-order valence-electron chi connectivity index (χ4n) is 0.877. The lowest BCUT2D eigenvalue weighted by Crippen LogP contribution is -2.56. The van der Waals surface area contributed by atoms with Crippen LogP contribution in [0.25, 0.3) is 0 Å². The molecule has 5 heteroatoms. The van der Waals surface area contributed by atoms with E-state index in [1.54, 1.807) is 0 Å². The Kier molecular flexibility index (Phi) is 0.960. The van der Waals surface area contributed by atoms with Crippen molar-refractivity contribution in [2.45, 2.75) is 12.6 Å². The van der Waals surface area contributed by atoms with E-state index in [0.717, 1.165) is 6.42 Å². The summed E-state index contributed by atoms with van der Waals surface area (Å²) in [5, 5.41) is 1.35. The third-order valence-corrected chi connectivity index (χ3v) is 1.53. The molecule has 0 saturated carbocycles. The number of ether oxygens (including phenoxy) is 1. The highest BCUT2D eigenvalue weighted by Crippen LogP contribution is 2.22. The zero-order valence-electron chi connectivity index (χ0n) is 5.07. The fourth-order valence-corrected chi connectivity index (χ4v) is 0.877. The maximum Gasteiger partial charge on any atom is 0.436 e. The van der Waals surface area contributed by atoms with Crippen LogP contribution in [-0.2, 0) is 19.2 Å². The van der Waals surface area contributed by atoms with Crippen LogP contribution in [-0.4, -0.2) is 29.8 Å². The van der Waals surface area contributed by atoms with Gasteiger partial charge in [-0.05, 0) is 0 Å². The van der Waals surface area contributed by atoms with E-state index < -0.39 is 11.9 Å². The normalized spacial score (nSPS) is 31.8. The van der Waals surface area contributed by atoms with Crippen molar-refractivity contribution in [1.29, 1.82) is 0 Å². The number of carbonyl (C=O) groups is 2. The molecule has 0 N–H and O–H groups in total. The molecule has 0 aliphatic carbocycles.